The number of carboxylic acids is 1. The second kappa shape index (κ2) is 4.95. The molecule has 21 heavy (non-hydrogen) atoms. The highest BCUT2D eigenvalue weighted by Crippen LogP contribution is 2.56. The van der Waals surface area contributed by atoms with Crippen molar-refractivity contribution >= 4 is 5.97 Å². The quantitative estimate of drug-likeness (QED) is 0.869. The van der Waals surface area contributed by atoms with Crippen LogP contribution < -0.4 is 0 Å². The van der Waals surface area contributed by atoms with E-state index in [1.165, 1.54) is 12.8 Å². The number of hydrogen-bond acceptors (Lipinski definition) is 3. The maximum absolute atomic E-state index is 12.2. The van der Waals surface area contributed by atoms with Crippen molar-refractivity contribution in [2.45, 2.75) is 69.5 Å². The van der Waals surface area contributed by atoms with E-state index in [0.717, 1.165) is 45.1 Å². The van der Waals surface area contributed by atoms with E-state index >= 15 is 0 Å². The van der Waals surface area contributed by atoms with E-state index in [-0.39, 0.29) is 17.6 Å². The van der Waals surface area contributed by atoms with Crippen LogP contribution in [0.2, 0.25) is 0 Å². The van der Waals surface area contributed by atoms with E-state index < -0.39 is 11.4 Å². The second-order valence-corrected chi connectivity index (χ2v) is 7.65. The van der Waals surface area contributed by atoms with E-state index in [1.807, 2.05) is 0 Å². The van der Waals surface area contributed by atoms with Crippen molar-refractivity contribution in [3.63, 3.8) is 0 Å². The molecule has 0 amide bonds. The van der Waals surface area contributed by atoms with Crippen LogP contribution in [-0.4, -0.2) is 36.0 Å². The van der Waals surface area contributed by atoms with Crippen LogP contribution in [0.25, 0.3) is 0 Å². The van der Waals surface area contributed by atoms with Crippen molar-refractivity contribution in [2.24, 2.45) is 17.3 Å². The Morgan fingerprint density at radius 1 is 1.05 bits per heavy atom. The zero-order chi connectivity index (χ0) is 14.5. The monoisotopic (exact) mass is 294 g/mol. The smallest absolute Gasteiger partial charge is 0.312 e. The molecule has 118 valence electrons. The summed E-state index contributed by atoms with van der Waals surface area (Å²) in [5.41, 5.74) is -0.650. The highest BCUT2D eigenvalue weighted by atomic mass is 16.5. The van der Waals surface area contributed by atoms with Gasteiger partial charge in [0, 0.05) is 13.2 Å². The molecular formula is C17H26O4. The first-order valence-corrected chi connectivity index (χ1v) is 8.65. The van der Waals surface area contributed by atoms with Gasteiger partial charge < -0.3 is 14.6 Å². The average molecular weight is 294 g/mol. The van der Waals surface area contributed by atoms with Crippen molar-refractivity contribution in [3.8, 4) is 0 Å². The Labute approximate surface area is 126 Å². The van der Waals surface area contributed by atoms with E-state index in [9.17, 15) is 9.90 Å². The third-order valence-corrected chi connectivity index (χ3v) is 6.51. The van der Waals surface area contributed by atoms with Crippen LogP contribution in [-0.2, 0) is 14.3 Å². The van der Waals surface area contributed by atoms with Crippen molar-refractivity contribution in [1.82, 2.24) is 0 Å². The summed E-state index contributed by atoms with van der Waals surface area (Å²) in [5.74, 6) is 0.109. The highest BCUT2D eigenvalue weighted by Gasteiger charge is 2.61. The molecule has 4 fully saturated rings. The molecule has 2 saturated carbocycles. The van der Waals surface area contributed by atoms with Crippen LogP contribution in [0.1, 0.15) is 57.8 Å². The summed E-state index contributed by atoms with van der Waals surface area (Å²) >= 11 is 0. The van der Waals surface area contributed by atoms with E-state index in [0.29, 0.717) is 18.9 Å². The van der Waals surface area contributed by atoms with Gasteiger partial charge in [0.2, 0.25) is 0 Å². The standard InChI is InChI=1S/C17H26O4/c18-15(19)17(8-10-20-14(17)12-3-4-12)13-5-9-21-16(11-13)6-1-2-7-16/h12-14H,1-11H2,(H,18,19). The van der Waals surface area contributed by atoms with Crippen molar-refractivity contribution in [2.75, 3.05) is 13.2 Å². The van der Waals surface area contributed by atoms with Gasteiger partial charge in [0.15, 0.2) is 0 Å². The molecule has 2 aliphatic carbocycles. The van der Waals surface area contributed by atoms with Gasteiger partial charge in [0.1, 0.15) is 0 Å². The number of carbonyl (C=O) groups is 1. The van der Waals surface area contributed by atoms with Crippen molar-refractivity contribution < 1.29 is 19.4 Å². The van der Waals surface area contributed by atoms with Crippen LogP contribution in [0.4, 0.5) is 0 Å². The first-order chi connectivity index (χ1) is 10.2. The average Bonchev–Trinajstić information content (AvgIpc) is 3.06. The minimum absolute atomic E-state index is 0.0118. The van der Waals surface area contributed by atoms with Gasteiger partial charge in [-0.3, -0.25) is 4.79 Å². The molecular weight excluding hydrogens is 268 g/mol. The third-order valence-electron chi connectivity index (χ3n) is 6.51. The Hall–Kier alpha value is -0.610. The van der Waals surface area contributed by atoms with Gasteiger partial charge in [0.05, 0.1) is 17.1 Å². The van der Waals surface area contributed by atoms with Crippen LogP contribution in [0.3, 0.4) is 0 Å². The first kappa shape index (κ1) is 14.0. The third kappa shape index (κ3) is 2.14. The summed E-state index contributed by atoms with van der Waals surface area (Å²) in [6.45, 7) is 1.36. The van der Waals surface area contributed by atoms with E-state index in [2.05, 4.69) is 0 Å². The lowest BCUT2D eigenvalue weighted by Gasteiger charge is -2.46. The van der Waals surface area contributed by atoms with Gasteiger partial charge in [0.25, 0.3) is 0 Å². The molecule has 1 spiro atoms. The number of carboxylic acid groups (broad SMARTS) is 1. The van der Waals surface area contributed by atoms with Crippen LogP contribution in [0, 0.1) is 17.3 Å². The maximum Gasteiger partial charge on any atom is 0.312 e. The molecule has 2 aliphatic heterocycles. The largest absolute Gasteiger partial charge is 0.481 e. The van der Waals surface area contributed by atoms with Gasteiger partial charge in [-0.25, -0.2) is 0 Å². The minimum Gasteiger partial charge on any atom is -0.481 e. The summed E-state index contributed by atoms with van der Waals surface area (Å²) in [7, 11) is 0. The first-order valence-electron chi connectivity index (χ1n) is 8.65. The lowest BCUT2D eigenvalue weighted by Crippen LogP contribution is -2.51. The molecule has 4 nitrogen and oxygen atoms in total. The fraction of sp³-hybridized carbons (Fsp3) is 0.941. The van der Waals surface area contributed by atoms with E-state index in [4.69, 9.17) is 9.47 Å². The van der Waals surface area contributed by atoms with Gasteiger partial charge in [-0.1, -0.05) is 12.8 Å². The fourth-order valence-electron chi connectivity index (χ4n) is 5.28. The molecule has 0 aromatic carbocycles. The van der Waals surface area contributed by atoms with Crippen molar-refractivity contribution in [3.05, 3.63) is 0 Å². The van der Waals surface area contributed by atoms with Crippen LogP contribution in [0.5, 0.6) is 0 Å². The number of aliphatic carboxylic acids is 1. The van der Waals surface area contributed by atoms with Crippen LogP contribution in [0.15, 0.2) is 0 Å². The maximum atomic E-state index is 12.2. The lowest BCUT2D eigenvalue weighted by molar-refractivity contribution is -0.170. The molecule has 3 unspecified atom stereocenters. The SMILES string of the molecule is O=C(O)C1(C2CCOC3(CCCC3)C2)CCOC1C1CC1. The normalized spacial score (nSPS) is 42.5. The number of rotatable bonds is 3. The number of ether oxygens (including phenoxy) is 2. The topological polar surface area (TPSA) is 55.8 Å². The summed E-state index contributed by atoms with van der Waals surface area (Å²) in [6, 6.07) is 0. The Morgan fingerprint density at radius 2 is 1.81 bits per heavy atom. The molecule has 2 heterocycles. The summed E-state index contributed by atoms with van der Waals surface area (Å²) in [6.07, 6.45) is 9.47. The van der Waals surface area contributed by atoms with Crippen LogP contribution >= 0.6 is 0 Å². The Kier molecular flexibility index (Phi) is 3.30. The molecule has 0 aromatic rings. The molecule has 4 aliphatic rings. The van der Waals surface area contributed by atoms with Gasteiger partial charge in [-0.2, -0.15) is 0 Å². The molecule has 0 aromatic heterocycles. The lowest BCUT2D eigenvalue weighted by atomic mass is 9.63. The van der Waals surface area contributed by atoms with Gasteiger partial charge >= 0.3 is 5.97 Å². The Morgan fingerprint density at radius 3 is 2.48 bits per heavy atom. The predicted octanol–water partition coefficient (Wildman–Crippen LogP) is 3.00. The van der Waals surface area contributed by atoms with Crippen molar-refractivity contribution in [1.29, 1.82) is 0 Å². The molecule has 0 radical (unpaired) electrons. The Balaban J connectivity index is 1.62. The molecule has 4 heteroatoms. The van der Waals surface area contributed by atoms with E-state index in [1.54, 1.807) is 0 Å². The van der Waals surface area contributed by atoms with Gasteiger partial charge in [-0.05, 0) is 56.8 Å². The minimum atomic E-state index is -0.638. The number of hydrogen-bond donors (Lipinski definition) is 1. The molecule has 0 bridgehead atoms. The summed E-state index contributed by atoms with van der Waals surface area (Å²) in [5, 5.41) is 10.1. The fourth-order valence-corrected chi connectivity index (χ4v) is 5.28. The predicted molar refractivity (Wildman–Crippen MR) is 77.0 cm³/mol. The molecule has 4 rings (SSSR count). The second-order valence-electron chi connectivity index (χ2n) is 7.65. The molecule has 3 atom stereocenters. The highest BCUT2D eigenvalue weighted by molar-refractivity contribution is 5.76. The zero-order valence-corrected chi connectivity index (χ0v) is 12.7. The summed E-state index contributed by atoms with van der Waals surface area (Å²) in [4.78, 5) is 12.2. The van der Waals surface area contributed by atoms with Gasteiger partial charge in [-0.15, -0.1) is 0 Å². The summed E-state index contributed by atoms with van der Waals surface area (Å²) < 4.78 is 12.1. The molecule has 1 N–H and O–H groups in total. The Bertz CT molecular complexity index is 425. The molecule has 2 saturated heterocycles. The zero-order valence-electron chi connectivity index (χ0n) is 12.7.